The molecule has 0 aromatic rings. The first-order valence-corrected chi connectivity index (χ1v) is 13.8. The Morgan fingerprint density at radius 2 is 0.588 bits per heavy atom. The molecule has 9 heteroatoms. The smallest absolute Gasteiger partial charge is 0.0701 e. The molecule has 0 aliphatic heterocycles. The summed E-state index contributed by atoms with van der Waals surface area (Å²) in [5.41, 5.74) is 0. The quantitative estimate of drug-likeness (QED) is 0.108. The van der Waals surface area contributed by atoms with Crippen LogP contribution in [0, 0.1) is 0 Å². The van der Waals surface area contributed by atoms with Crippen LogP contribution >= 0.6 is 12.6 Å². The van der Waals surface area contributed by atoms with Crippen molar-refractivity contribution in [1.29, 1.82) is 0 Å². The zero-order valence-electron chi connectivity index (χ0n) is 21.4. The van der Waals surface area contributed by atoms with E-state index >= 15 is 0 Å². The van der Waals surface area contributed by atoms with E-state index in [1.165, 1.54) is 51.4 Å². The van der Waals surface area contributed by atoms with Crippen LogP contribution in [-0.4, -0.2) is 110 Å². The molecule has 0 unspecified atom stereocenters. The van der Waals surface area contributed by atoms with Crippen molar-refractivity contribution < 1.29 is 38.3 Å². The minimum absolute atomic E-state index is 0.0375. The van der Waals surface area contributed by atoms with E-state index in [1.54, 1.807) is 0 Å². The Kier molecular flexibility index (Phi) is 33.1. The van der Waals surface area contributed by atoms with E-state index in [4.69, 9.17) is 38.3 Å². The summed E-state index contributed by atoms with van der Waals surface area (Å²) in [6.45, 7) is 7.82. The molecule has 0 aromatic heterocycles. The van der Waals surface area contributed by atoms with Gasteiger partial charge in [-0.25, -0.2) is 0 Å². The third-order valence-corrected chi connectivity index (χ3v) is 5.23. The van der Waals surface area contributed by atoms with Crippen LogP contribution in [0.2, 0.25) is 0 Å². The third-order valence-electron chi connectivity index (χ3n) is 4.91. The summed E-state index contributed by atoms with van der Waals surface area (Å²) in [5.74, 6) is 1.02. The molecule has 8 nitrogen and oxygen atoms in total. The van der Waals surface area contributed by atoms with Crippen LogP contribution in [0.5, 0.6) is 0 Å². The maximum atomic E-state index is 8.56. The summed E-state index contributed by atoms with van der Waals surface area (Å²) in [6, 6.07) is 0. The lowest BCUT2D eigenvalue weighted by atomic mass is 10.1. The number of rotatable bonds is 31. The standard InChI is InChI=1S/C25H52O8S/c26-10-12-28-14-16-30-18-20-32-22-24-33-23-21-31-19-17-29-15-13-27-11-8-6-4-2-1-3-5-7-9-25-34/h26,34H,1-25H2. The maximum Gasteiger partial charge on any atom is 0.0701 e. The molecule has 1 N–H and O–H groups in total. The van der Waals surface area contributed by atoms with Crippen LogP contribution in [-0.2, 0) is 33.2 Å². The summed E-state index contributed by atoms with van der Waals surface area (Å²) in [5, 5.41) is 8.56. The molecular formula is C25H52O8S. The molecule has 0 radical (unpaired) electrons. The van der Waals surface area contributed by atoms with Gasteiger partial charge in [0, 0.05) is 6.61 Å². The second-order valence-corrected chi connectivity index (χ2v) is 8.36. The van der Waals surface area contributed by atoms with E-state index in [1.807, 2.05) is 0 Å². The van der Waals surface area contributed by atoms with Crippen molar-refractivity contribution in [3.63, 3.8) is 0 Å². The first-order valence-electron chi connectivity index (χ1n) is 13.2. The van der Waals surface area contributed by atoms with Gasteiger partial charge in [-0.2, -0.15) is 12.6 Å². The van der Waals surface area contributed by atoms with Crippen molar-refractivity contribution in [2.45, 2.75) is 57.8 Å². The summed E-state index contributed by atoms with van der Waals surface area (Å²) in [4.78, 5) is 0. The van der Waals surface area contributed by atoms with Crippen LogP contribution in [0.3, 0.4) is 0 Å². The van der Waals surface area contributed by atoms with Crippen LogP contribution < -0.4 is 0 Å². The maximum absolute atomic E-state index is 8.56. The highest BCUT2D eigenvalue weighted by molar-refractivity contribution is 7.80. The fourth-order valence-corrected chi connectivity index (χ4v) is 3.26. The summed E-state index contributed by atoms with van der Waals surface area (Å²) < 4.78 is 37.8. The van der Waals surface area contributed by atoms with Crippen molar-refractivity contribution in [2.24, 2.45) is 0 Å². The van der Waals surface area contributed by atoms with E-state index in [-0.39, 0.29) is 6.61 Å². The highest BCUT2D eigenvalue weighted by atomic mass is 32.1. The molecule has 0 amide bonds. The van der Waals surface area contributed by atoms with Gasteiger partial charge in [0.05, 0.1) is 92.5 Å². The van der Waals surface area contributed by atoms with Crippen molar-refractivity contribution in [3.8, 4) is 0 Å². The molecule has 0 saturated heterocycles. The third kappa shape index (κ3) is 32.0. The minimum Gasteiger partial charge on any atom is -0.394 e. The highest BCUT2D eigenvalue weighted by Crippen LogP contribution is 2.10. The van der Waals surface area contributed by atoms with E-state index in [9.17, 15) is 0 Å². The van der Waals surface area contributed by atoms with Crippen molar-refractivity contribution in [1.82, 2.24) is 0 Å². The Balaban J connectivity index is 2.99. The van der Waals surface area contributed by atoms with Gasteiger partial charge in [-0.15, -0.1) is 0 Å². The second-order valence-electron chi connectivity index (χ2n) is 7.92. The summed E-state index contributed by atoms with van der Waals surface area (Å²) in [7, 11) is 0. The van der Waals surface area contributed by atoms with Crippen LogP contribution in [0.15, 0.2) is 0 Å². The van der Waals surface area contributed by atoms with Gasteiger partial charge < -0.3 is 38.3 Å². The van der Waals surface area contributed by atoms with Gasteiger partial charge in [-0.3, -0.25) is 0 Å². The first kappa shape index (κ1) is 34.0. The molecule has 0 atom stereocenters. The predicted molar refractivity (Wildman–Crippen MR) is 138 cm³/mol. The molecule has 0 aliphatic rings. The lowest BCUT2D eigenvalue weighted by Gasteiger charge is -2.08. The molecule has 0 aliphatic carbocycles. The van der Waals surface area contributed by atoms with Crippen LogP contribution in [0.4, 0.5) is 0 Å². The summed E-state index contributed by atoms with van der Waals surface area (Å²) in [6.07, 6.45) is 11.8. The predicted octanol–water partition coefficient (Wildman–Crippen LogP) is 3.54. The molecule has 34 heavy (non-hydrogen) atoms. The number of ether oxygens (including phenoxy) is 7. The van der Waals surface area contributed by atoms with Gasteiger partial charge in [0.1, 0.15) is 0 Å². The van der Waals surface area contributed by atoms with E-state index in [0.29, 0.717) is 85.9 Å². The van der Waals surface area contributed by atoms with Crippen molar-refractivity contribution >= 4 is 12.6 Å². The lowest BCUT2D eigenvalue weighted by Crippen LogP contribution is -2.14. The van der Waals surface area contributed by atoms with E-state index in [0.717, 1.165) is 18.8 Å². The fourth-order valence-electron chi connectivity index (χ4n) is 3.04. The van der Waals surface area contributed by atoms with Gasteiger partial charge in [0.2, 0.25) is 0 Å². The fraction of sp³-hybridized carbons (Fsp3) is 1.00. The van der Waals surface area contributed by atoms with Crippen molar-refractivity contribution in [3.05, 3.63) is 0 Å². The van der Waals surface area contributed by atoms with E-state index in [2.05, 4.69) is 12.6 Å². The van der Waals surface area contributed by atoms with Gasteiger partial charge >= 0.3 is 0 Å². The monoisotopic (exact) mass is 512 g/mol. The largest absolute Gasteiger partial charge is 0.394 e. The number of aliphatic hydroxyl groups excluding tert-OH is 1. The molecule has 0 heterocycles. The average Bonchev–Trinajstić information content (AvgIpc) is 2.85. The summed E-state index contributed by atoms with van der Waals surface area (Å²) >= 11 is 4.24. The van der Waals surface area contributed by atoms with Gasteiger partial charge in [0.25, 0.3) is 0 Å². The topological polar surface area (TPSA) is 84.8 Å². The normalized spacial score (nSPS) is 11.5. The van der Waals surface area contributed by atoms with Gasteiger partial charge in [-0.05, 0) is 18.6 Å². The molecule has 0 aromatic carbocycles. The Morgan fingerprint density at radius 3 is 0.912 bits per heavy atom. The molecule has 0 fully saturated rings. The molecule has 0 saturated carbocycles. The highest BCUT2D eigenvalue weighted by Gasteiger charge is 1.96. The number of hydrogen-bond donors (Lipinski definition) is 2. The Hall–Kier alpha value is 0.0300. The van der Waals surface area contributed by atoms with Gasteiger partial charge in [-0.1, -0.05) is 44.9 Å². The minimum atomic E-state index is 0.0375. The van der Waals surface area contributed by atoms with Crippen molar-refractivity contribution in [2.75, 3.05) is 105 Å². The molecule has 206 valence electrons. The zero-order valence-corrected chi connectivity index (χ0v) is 22.3. The Labute approximate surface area is 213 Å². The van der Waals surface area contributed by atoms with Crippen LogP contribution in [0.25, 0.3) is 0 Å². The second kappa shape index (κ2) is 33.0. The number of unbranched alkanes of at least 4 members (excludes halogenated alkanes) is 8. The number of hydrogen-bond acceptors (Lipinski definition) is 9. The number of aliphatic hydroxyl groups is 1. The molecule has 0 rings (SSSR count). The Morgan fingerprint density at radius 1 is 0.324 bits per heavy atom. The van der Waals surface area contributed by atoms with E-state index < -0.39 is 0 Å². The zero-order chi connectivity index (χ0) is 24.6. The lowest BCUT2D eigenvalue weighted by molar-refractivity contribution is -0.0215. The van der Waals surface area contributed by atoms with Crippen LogP contribution in [0.1, 0.15) is 57.8 Å². The number of thiol groups is 1. The first-order chi connectivity index (χ1) is 16.9. The Bertz CT molecular complexity index is 321. The molecule has 0 bridgehead atoms. The molecule has 0 spiro atoms. The van der Waals surface area contributed by atoms with Gasteiger partial charge in [0.15, 0.2) is 0 Å². The molecular weight excluding hydrogens is 460 g/mol. The SMILES string of the molecule is OCCOCCOCCOCCOCCOCCOCCOCCCCCCCCCCCS. The average molecular weight is 513 g/mol.